The van der Waals surface area contributed by atoms with Crippen LogP contribution in [0.5, 0.6) is 5.75 Å². The van der Waals surface area contributed by atoms with E-state index in [0.29, 0.717) is 16.5 Å². The number of carbonyl (C=O) groups excluding carboxylic acids is 1. The summed E-state index contributed by atoms with van der Waals surface area (Å²) in [7, 11) is 1.69. The molecule has 1 aromatic carbocycles. The number of fused-ring (bicyclic) bond motifs is 4. The Morgan fingerprint density at radius 2 is 2.11 bits per heavy atom. The molecule has 0 amide bonds. The summed E-state index contributed by atoms with van der Waals surface area (Å²) >= 11 is 1.42. The predicted molar refractivity (Wildman–Crippen MR) is 112 cm³/mol. The predicted octanol–water partition coefficient (Wildman–Crippen LogP) is 5.05. The quantitative estimate of drug-likeness (QED) is 0.643. The molecule has 4 nitrogen and oxygen atoms in total. The number of rotatable bonds is 4. The Morgan fingerprint density at radius 3 is 2.78 bits per heavy atom. The van der Waals surface area contributed by atoms with Gasteiger partial charge >= 0.3 is 0 Å². The van der Waals surface area contributed by atoms with Crippen LogP contribution in [0.1, 0.15) is 47.1 Å². The van der Waals surface area contributed by atoms with Crippen molar-refractivity contribution in [3.05, 3.63) is 39.8 Å². The second kappa shape index (κ2) is 6.64. The van der Waals surface area contributed by atoms with E-state index in [1.165, 1.54) is 33.6 Å². The topological polar surface area (TPSA) is 65.2 Å². The summed E-state index contributed by atoms with van der Waals surface area (Å²) in [6.07, 6.45) is 2.83. The minimum absolute atomic E-state index is 0.00843. The molecule has 0 unspecified atom stereocenters. The Labute approximate surface area is 163 Å². The number of aryl methyl sites for hydroxylation is 1. The van der Waals surface area contributed by atoms with Crippen molar-refractivity contribution in [2.45, 2.75) is 40.0 Å². The van der Waals surface area contributed by atoms with E-state index in [1.54, 1.807) is 14.0 Å². The van der Waals surface area contributed by atoms with Crippen LogP contribution in [-0.2, 0) is 19.3 Å². The second-order valence-electron chi connectivity index (χ2n) is 7.62. The van der Waals surface area contributed by atoms with Crippen LogP contribution in [0, 0.1) is 5.92 Å². The molecule has 27 heavy (non-hydrogen) atoms. The highest BCUT2D eigenvalue weighted by Gasteiger charge is 2.26. The molecule has 1 aliphatic carbocycles. The smallest absolute Gasteiger partial charge is 0.171 e. The first-order valence-electron chi connectivity index (χ1n) is 9.32. The van der Waals surface area contributed by atoms with Crippen molar-refractivity contribution in [1.82, 2.24) is 4.98 Å². The van der Waals surface area contributed by atoms with Gasteiger partial charge in [-0.1, -0.05) is 13.8 Å². The molecule has 5 heteroatoms. The summed E-state index contributed by atoms with van der Waals surface area (Å²) in [5.41, 5.74) is 13.0. The summed E-state index contributed by atoms with van der Waals surface area (Å²) in [6.45, 7) is 6.01. The van der Waals surface area contributed by atoms with E-state index in [1.807, 2.05) is 6.07 Å². The summed E-state index contributed by atoms with van der Waals surface area (Å²) in [5.74, 6) is 1.38. The number of methoxy groups -OCH3 is 1. The lowest BCUT2D eigenvalue weighted by atomic mass is 9.83. The van der Waals surface area contributed by atoms with E-state index in [0.717, 1.165) is 40.9 Å². The van der Waals surface area contributed by atoms with Crippen LogP contribution in [-0.4, -0.2) is 17.9 Å². The average molecular weight is 381 g/mol. The Balaban J connectivity index is 2.03. The summed E-state index contributed by atoms with van der Waals surface area (Å²) in [6, 6.07) is 6.20. The number of benzene rings is 1. The maximum Gasteiger partial charge on any atom is 0.171 e. The van der Waals surface area contributed by atoms with Crippen LogP contribution in [0.4, 0.5) is 5.69 Å². The third-order valence-electron chi connectivity index (χ3n) is 5.24. The van der Waals surface area contributed by atoms with Crippen LogP contribution < -0.4 is 10.5 Å². The van der Waals surface area contributed by atoms with Crippen LogP contribution >= 0.6 is 11.3 Å². The van der Waals surface area contributed by atoms with Crippen molar-refractivity contribution in [2.24, 2.45) is 5.92 Å². The van der Waals surface area contributed by atoms with Crippen LogP contribution in [0.15, 0.2) is 18.2 Å². The van der Waals surface area contributed by atoms with Crippen LogP contribution in [0.25, 0.3) is 21.5 Å². The minimum atomic E-state index is 0.00843. The monoisotopic (exact) mass is 380 g/mol. The van der Waals surface area contributed by atoms with Gasteiger partial charge < -0.3 is 10.5 Å². The molecule has 2 N–H and O–H groups in total. The summed E-state index contributed by atoms with van der Waals surface area (Å²) in [5, 5.41) is 0.995. The zero-order valence-corrected chi connectivity index (χ0v) is 17.0. The molecule has 0 saturated heterocycles. The highest BCUT2D eigenvalue weighted by atomic mass is 32.1. The number of pyridine rings is 1. The van der Waals surface area contributed by atoms with Gasteiger partial charge in [-0.3, -0.25) is 4.79 Å². The van der Waals surface area contributed by atoms with E-state index in [2.05, 4.69) is 26.0 Å². The molecule has 4 rings (SSSR count). The number of thiophene rings is 1. The number of anilines is 1. The van der Waals surface area contributed by atoms with Crippen LogP contribution in [0.2, 0.25) is 0 Å². The lowest BCUT2D eigenvalue weighted by molar-refractivity contribution is 0.102. The van der Waals surface area contributed by atoms with Crippen LogP contribution in [0.3, 0.4) is 0 Å². The molecule has 2 aromatic heterocycles. The molecule has 1 aliphatic rings. The van der Waals surface area contributed by atoms with Crippen molar-refractivity contribution in [3.63, 3.8) is 0 Å². The zero-order chi connectivity index (χ0) is 19.3. The van der Waals surface area contributed by atoms with Gasteiger partial charge in [-0.15, -0.1) is 11.3 Å². The molecular weight excluding hydrogens is 356 g/mol. The van der Waals surface area contributed by atoms with E-state index < -0.39 is 0 Å². The fourth-order valence-corrected chi connectivity index (χ4v) is 5.07. The Morgan fingerprint density at radius 1 is 1.33 bits per heavy atom. The van der Waals surface area contributed by atoms with E-state index in [9.17, 15) is 4.79 Å². The molecule has 140 valence electrons. The summed E-state index contributed by atoms with van der Waals surface area (Å²) in [4.78, 5) is 18.5. The lowest BCUT2D eigenvalue weighted by Crippen LogP contribution is -2.11. The number of nitrogen functional groups attached to an aromatic ring is 1. The molecule has 0 saturated carbocycles. The number of ketones is 1. The third kappa shape index (κ3) is 2.90. The molecular formula is C22H24N2O2S. The van der Waals surface area contributed by atoms with Gasteiger partial charge in [0.05, 0.1) is 23.4 Å². The molecule has 0 bridgehead atoms. The molecule has 0 aliphatic heterocycles. The van der Waals surface area contributed by atoms with E-state index >= 15 is 0 Å². The molecule has 3 aromatic rings. The Bertz CT molecular complexity index is 1070. The van der Waals surface area contributed by atoms with Crippen molar-refractivity contribution >= 4 is 33.0 Å². The van der Waals surface area contributed by atoms with Gasteiger partial charge in [-0.2, -0.15) is 0 Å². The number of nitrogens with two attached hydrogens (primary N) is 1. The van der Waals surface area contributed by atoms with Crippen molar-refractivity contribution < 1.29 is 9.53 Å². The average Bonchev–Trinajstić information content (AvgIpc) is 2.97. The summed E-state index contributed by atoms with van der Waals surface area (Å²) < 4.78 is 5.39. The first-order valence-corrected chi connectivity index (χ1v) is 10.1. The van der Waals surface area contributed by atoms with Gasteiger partial charge in [0.1, 0.15) is 10.6 Å². The van der Waals surface area contributed by atoms with Gasteiger partial charge in [-0.25, -0.2) is 4.98 Å². The molecule has 0 fully saturated rings. The number of Topliss-reactive ketones (excluding diaryl/α,β-unsaturated/α-hetero) is 1. The number of carbonyl (C=O) groups is 1. The maximum absolute atomic E-state index is 12.0. The lowest BCUT2D eigenvalue weighted by Gasteiger charge is -2.24. The van der Waals surface area contributed by atoms with Gasteiger partial charge in [0.2, 0.25) is 0 Å². The first-order chi connectivity index (χ1) is 12.9. The fraction of sp³-hybridized carbons (Fsp3) is 0.364. The maximum atomic E-state index is 12.0. The molecule has 2 heterocycles. The molecule has 0 spiro atoms. The standard InChI is InChI=1S/C22H24N2O2S/c1-11(2)9-17-16-7-5-13-10-14(26-4)6-8-15(13)20(16)24-22-18(17)19(23)21(27-22)12(3)25/h6,8,10-11H,5,7,9,23H2,1-4H3. The largest absolute Gasteiger partial charge is 0.497 e. The van der Waals surface area contributed by atoms with Crippen molar-refractivity contribution in [1.29, 1.82) is 0 Å². The van der Waals surface area contributed by atoms with Gasteiger partial charge in [0.25, 0.3) is 0 Å². The van der Waals surface area contributed by atoms with Gasteiger partial charge in [0.15, 0.2) is 5.78 Å². The van der Waals surface area contributed by atoms with Crippen molar-refractivity contribution in [3.8, 4) is 17.0 Å². The molecule has 0 atom stereocenters. The van der Waals surface area contributed by atoms with Gasteiger partial charge in [-0.05, 0) is 60.1 Å². The van der Waals surface area contributed by atoms with Gasteiger partial charge in [0, 0.05) is 17.9 Å². The number of aromatic nitrogens is 1. The van der Waals surface area contributed by atoms with Crippen molar-refractivity contribution in [2.75, 3.05) is 12.8 Å². The Hall–Kier alpha value is -2.40. The number of hydrogen-bond donors (Lipinski definition) is 1. The number of hydrogen-bond acceptors (Lipinski definition) is 5. The second-order valence-corrected chi connectivity index (χ2v) is 8.62. The first kappa shape index (κ1) is 18.0. The fourth-order valence-electron chi connectivity index (χ4n) is 4.05. The zero-order valence-electron chi connectivity index (χ0n) is 16.2. The normalized spacial score (nSPS) is 12.9. The minimum Gasteiger partial charge on any atom is -0.497 e. The number of ether oxygens (including phenoxy) is 1. The Kier molecular flexibility index (Phi) is 4.42. The number of nitrogens with zero attached hydrogens (tertiary/aromatic N) is 1. The highest BCUT2D eigenvalue weighted by molar-refractivity contribution is 7.21. The highest BCUT2D eigenvalue weighted by Crippen LogP contribution is 2.43. The SMILES string of the molecule is COc1ccc2c(c1)CCc1c-2nc2sc(C(C)=O)c(N)c2c1CC(C)C. The third-order valence-corrected chi connectivity index (χ3v) is 6.44. The van der Waals surface area contributed by atoms with E-state index in [-0.39, 0.29) is 5.78 Å². The van der Waals surface area contributed by atoms with E-state index in [4.69, 9.17) is 15.5 Å². The molecule has 0 radical (unpaired) electrons.